The highest BCUT2D eigenvalue weighted by atomic mass is 16.2. The molecule has 0 atom stereocenters. The van der Waals surface area contributed by atoms with Gasteiger partial charge in [0.25, 0.3) is 5.91 Å². The van der Waals surface area contributed by atoms with Crippen molar-refractivity contribution in [1.82, 2.24) is 25.1 Å². The molecule has 0 spiro atoms. The minimum Gasteiger partial charge on any atom is -0.384 e. The molecule has 0 saturated heterocycles. The molecule has 0 aromatic carbocycles. The van der Waals surface area contributed by atoms with Gasteiger partial charge in [-0.2, -0.15) is 5.10 Å². The van der Waals surface area contributed by atoms with Crippen LogP contribution in [0.5, 0.6) is 0 Å². The third-order valence-electron chi connectivity index (χ3n) is 2.51. The fraction of sp³-hybridized carbons (Fsp3) is 0.231. The number of carbonyl (C=O) groups excluding carboxylic acids is 1. The number of hydrogen-bond donors (Lipinski definition) is 2. The number of nitrogens with one attached hydrogen (secondary N) is 1. The zero-order chi connectivity index (χ0) is 14.4. The quantitative estimate of drug-likeness (QED) is 0.755. The largest absolute Gasteiger partial charge is 0.384 e. The highest BCUT2D eigenvalue weighted by Crippen LogP contribution is 2.08. The number of pyridine rings is 1. The molecule has 0 unspecified atom stereocenters. The number of aliphatic hydroxyl groups is 1. The summed E-state index contributed by atoms with van der Waals surface area (Å²) in [6, 6.07) is 3.37. The second-order valence-corrected chi connectivity index (χ2v) is 3.95. The average molecular weight is 271 g/mol. The van der Waals surface area contributed by atoms with Gasteiger partial charge in [-0.15, -0.1) is 0 Å². The number of nitrogens with zero attached hydrogens (tertiary/aromatic N) is 4. The fourth-order valence-corrected chi connectivity index (χ4v) is 1.60. The molecule has 1 amide bonds. The number of carbonyl (C=O) groups is 1. The van der Waals surface area contributed by atoms with Crippen molar-refractivity contribution in [3.63, 3.8) is 0 Å². The molecule has 0 radical (unpaired) electrons. The molecule has 2 aromatic rings. The molecule has 102 valence electrons. The summed E-state index contributed by atoms with van der Waals surface area (Å²) >= 11 is 0. The highest BCUT2D eigenvalue weighted by Gasteiger charge is 2.17. The monoisotopic (exact) mass is 271 g/mol. The Labute approximate surface area is 115 Å². The lowest BCUT2D eigenvalue weighted by molar-refractivity contribution is 0.0775. The second-order valence-electron chi connectivity index (χ2n) is 3.95. The van der Waals surface area contributed by atoms with Gasteiger partial charge in [0, 0.05) is 13.2 Å². The van der Waals surface area contributed by atoms with Crippen LogP contribution in [0.2, 0.25) is 0 Å². The Morgan fingerprint density at radius 3 is 3.05 bits per heavy atom. The first-order valence-corrected chi connectivity index (χ1v) is 5.87. The Balaban J connectivity index is 2.20. The van der Waals surface area contributed by atoms with Crippen LogP contribution in [0.3, 0.4) is 0 Å². The molecular formula is C13H13N5O2. The Bertz CT molecular complexity index is 642. The molecule has 0 aliphatic rings. The fourth-order valence-electron chi connectivity index (χ4n) is 1.60. The summed E-state index contributed by atoms with van der Waals surface area (Å²) in [7, 11) is 1.64. The molecule has 0 bridgehead atoms. The van der Waals surface area contributed by atoms with Crippen LogP contribution in [0, 0.1) is 11.8 Å². The molecular weight excluding hydrogens is 258 g/mol. The van der Waals surface area contributed by atoms with Crippen LogP contribution in [-0.2, 0) is 6.54 Å². The maximum atomic E-state index is 12.3. The Kier molecular flexibility index (Phi) is 4.42. The van der Waals surface area contributed by atoms with Crippen molar-refractivity contribution < 1.29 is 9.90 Å². The van der Waals surface area contributed by atoms with E-state index >= 15 is 0 Å². The van der Waals surface area contributed by atoms with Crippen molar-refractivity contribution >= 4 is 5.91 Å². The van der Waals surface area contributed by atoms with Gasteiger partial charge in [0.05, 0.1) is 12.1 Å². The van der Waals surface area contributed by atoms with E-state index < -0.39 is 0 Å². The van der Waals surface area contributed by atoms with E-state index in [2.05, 4.69) is 32.0 Å². The number of rotatable bonds is 3. The van der Waals surface area contributed by atoms with Gasteiger partial charge in [0.1, 0.15) is 24.5 Å². The first kappa shape index (κ1) is 13.7. The first-order valence-electron chi connectivity index (χ1n) is 5.87. The summed E-state index contributed by atoms with van der Waals surface area (Å²) in [5, 5.41) is 15.1. The lowest BCUT2D eigenvalue weighted by atomic mass is 10.2. The summed E-state index contributed by atoms with van der Waals surface area (Å²) in [6.07, 6.45) is 2.91. The van der Waals surface area contributed by atoms with Crippen LogP contribution >= 0.6 is 0 Å². The van der Waals surface area contributed by atoms with Crippen molar-refractivity contribution in [1.29, 1.82) is 0 Å². The number of H-pyrrole nitrogens is 1. The van der Waals surface area contributed by atoms with E-state index in [0.717, 1.165) is 0 Å². The van der Waals surface area contributed by atoms with E-state index in [-0.39, 0.29) is 18.2 Å². The molecule has 2 rings (SSSR count). The molecule has 2 heterocycles. The first-order chi connectivity index (χ1) is 9.72. The van der Waals surface area contributed by atoms with Gasteiger partial charge in [-0.3, -0.25) is 9.89 Å². The summed E-state index contributed by atoms with van der Waals surface area (Å²) in [6.45, 7) is 0.0265. The summed E-state index contributed by atoms with van der Waals surface area (Å²) in [5.74, 6) is 5.53. The van der Waals surface area contributed by atoms with E-state index in [0.29, 0.717) is 17.9 Å². The third-order valence-corrected chi connectivity index (χ3v) is 2.51. The van der Waals surface area contributed by atoms with Gasteiger partial charge in [-0.05, 0) is 12.1 Å². The van der Waals surface area contributed by atoms with Crippen molar-refractivity contribution in [2.45, 2.75) is 6.54 Å². The molecule has 7 nitrogen and oxygen atoms in total. The van der Waals surface area contributed by atoms with E-state index in [1.807, 2.05) is 0 Å². The number of aliphatic hydroxyl groups excluding tert-OH is 1. The third kappa shape index (κ3) is 3.18. The van der Waals surface area contributed by atoms with Crippen LogP contribution in [-0.4, -0.2) is 49.7 Å². The van der Waals surface area contributed by atoms with Gasteiger partial charge in [-0.25, -0.2) is 9.97 Å². The molecule has 2 aromatic heterocycles. The number of aromatic amines is 1. The normalized spacial score (nSPS) is 9.70. The standard InChI is InChI=1S/C13H13N5O2/c1-18(8-11-15-9-16-17-11)13(20)12-10(5-3-7-19)4-2-6-14-12/h2,4,6,9,19H,7-8H2,1H3,(H,15,16,17). The Hall–Kier alpha value is -2.72. The van der Waals surface area contributed by atoms with Gasteiger partial charge >= 0.3 is 0 Å². The van der Waals surface area contributed by atoms with E-state index in [1.54, 1.807) is 19.2 Å². The number of hydrogen-bond acceptors (Lipinski definition) is 5. The van der Waals surface area contributed by atoms with Crippen LogP contribution in [0.4, 0.5) is 0 Å². The van der Waals surface area contributed by atoms with Gasteiger partial charge < -0.3 is 10.0 Å². The SMILES string of the molecule is CN(Cc1ncn[nH]1)C(=O)c1ncccc1C#CCO. The lowest BCUT2D eigenvalue weighted by Gasteiger charge is -2.15. The number of aromatic nitrogens is 4. The maximum Gasteiger partial charge on any atom is 0.273 e. The minimum absolute atomic E-state index is 0.246. The van der Waals surface area contributed by atoms with Gasteiger partial charge in [0.15, 0.2) is 0 Å². The topological polar surface area (TPSA) is 95.0 Å². The van der Waals surface area contributed by atoms with Crippen molar-refractivity contribution in [2.75, 3.05) is 13.7 Å². The zero-order valence-corrected chi connectivity index (χ0v) is 10.9. The molecule has 0 fully saturated rings. The molecule has 0 aliphatic carbocycles. The van der Waals surface area contributed by atoms with E-state index in [4.69, 9.17) is 5.11 Å². The van der Waals surface area contributed by atoms with Crippen LogP contribution < -0.4 is 0 Å². The van der Waals surface area contributed by atoms with Crippen LogP contribution in [0.25, 0.3) is 0 Å². The summed E-state index contributed by atoms with van der Waals surface area (Å²) in [4.78, 5) is 21.8. The Morgan fingerprint density at radius 2 is 2.35 bits per heavy atom. The van der Waals surface area contributed by atoms with E-state index in [1.165, 1.54) is 17.4 Å². The highest BCUT2D eigenvalue weighted by molar-refractivity contribution is 5.94. The minimum atomic E-state index is -0.274. The van der Waals surface area contributed by atoms with Gasteiger partial charge in [0.2, 0.25) is 0 Å². The molecule has 0 aliphatic heterocycles. The summed E-state index contributed by atoms with van der Waals surface area (Å²) in [5.41, 5.74) is 0.728. The maximum absolute atomic E-state index is 12.3. The average Bonchev–Trinajstić information content (AvgIpc) is 2.97. The van der Waals surface area contributed by atoms with Crippen molar-refractivity contribution in [3.8, 4) is 11.8 Å². The van der Waals surface area contributed by atoms with Crippen LogP contribution in [0.1, 0.15) is 21.9 Å². The second kappa shape index (κ2) is 6.45. The van der Waals surface area contributed by atoms with Crippen molar-refractivity contribution in [2.24, 2.45) is 0 Å². The predicted octanol–water partition coefficient (Wildman–Crippen LogP) is -0.184. The lowest BCUT2D eigenvalue weighted by Crippen LogP contribution is -2.28. The molecule has 7 heteroatoms. The van der Waals surface area contributed by atoms with Crippen molar-refractivity contribution in [3.05, 3.63) is 41.7 Å². The molecule has 2 N–H and O–H groups in total. The molecule has 0 saturated carbocycles. The smallest absolute Gasteiger partial charge is 0.273 e. The molecule has 20 heavy (non-hydrogen) atoms. The van der Waals surface area contributed by atoms with E-state index in [9.17, 15) is 4.79 Å². The summed E-state index contributed by atoms with van der Waals surface area (Å²) < 4.78 is 0. The van der Waals surface area contributed by atoms with Gasteiger partial charge in [-0.1, -0.05) is 11.8 Å². The zero-order valence-electron chi connectivity index (χ0n) is 10.9. The Morgan fingerprint density at radius 1 is 1.50 bits per heavy atom. The number of amides is 1. The predicted molar refractivity (Wildman–Crippen MR) is 70.4 cm³/mol. The van der Waals surface area contributed by atoms with Crippen LogP contribution in [0.15, 0.2) is 24.7 Å².